The molecule has 0 radical (unpaired) electrons. The highest BCUT2D eigenvalue weighted by atomic mass is 35.5. The standard InChI is InChI=1S/C20H18ClNO2/c1-4-11-24-17-9-10-19-18(12-17)20(14(3)23)13(2)22(19)16-7-5-15(21)6-8-16/h4-10,12H,1,11H2,2-3H3. The van der Waals surface area contributed by atoms with Crippen molar-refractivity contribution in [2.45, 2.75) is 13.8 Å². The second kappa shape index (κ2) is 6.54. The Morgan fingerprint density at radius 2 is 1.96 bits per heavy atom. The van der Waals surface area contributed by atoms with Gasteiger partial charge in [0.1, 0.15) is 12.4 Å². The van der Waals surface area contributed by atoms with Crippen LogP contribution in [0.15, 0.2) is 55.1 Å². The van der Waals surface area contributed by atoms with Gasteiger partial charge in [0, 0.05) is 27.4 Å². The fourth-order valence-corrected chi connectivity index (χ4v) is 3.14. The minimum Gasteiger partial charge on any atom is -0.490 e. The molecule has 0 aliphatic carbocycles. The third kappa shape index (κ3) is 2.83. The Kier molecular flexibility index (Phi) is 4.45. The van der Waals surface area contributed by atoms with Gasteiger partial charge in [-0.05, 0) is 56.3 Å². The van der Waals surface area contributed by atoms with Gasteiger partial charge >= 0.3 is 0 Å². The van der Waals surface area contributed by atoms with E-state index in [-0.39, 0.29) is 5.78 Å². The lowest BCUT2D eigenvalue weighted by molar-refractivity contribution is 0.101. The van der Waals surface area contributed by atoms with Crippen LogP contribution in [-0.4, -0.2) is 17.0 Å². The molecule has 122 valence electrons. The van der Waals surface area contributed by atoms with Crippen molar-refractivity contribution in [1.29, 1.82) is 0 Å². The average Bonchev–Trinajstić information content (AvgIpc) is 2.85. The van der Waals surface area contributed by atoms with Crippen molar-refractivity contribution in [3.05, 3.63) is 71.4 Å². The first-order valence-corrected chi connectivity index (χ1v) is 8.06. The number of carbonyl (C=O) groups is 1. The highest BCUT2D eigenvalue weighted by Crippen LogP contribution is 2.32. The first-order chi connectivity index (χ1) is 11.5. The number of rotatable bonds is 5. The highest BCUT2D eigenvalue weighted by Gasteiger charge is 2.18. The first-order valence-electron chi connectivity index (χ1n) is 7.68. The van der Waals surface area contributed by atoms with Crippen molar-refractivity contribution >= 4 is 28.3 Å². The van der Waals surface area contributed by atoms with E-state index >= 15 is 0 Å². The van der Waals surface area contributed by atoms with Gasteiger partial charge in [-0.25, -0.2) is 0 Å². The topological polar surface area (TPSA) is 31.2 Å². The minimum atomic E-state index is 0.0334. The lowest BCUT2D eigenvalue weighted by Crippen LogP contribution is -1.99. The van der Waals surface area contributed by atoms with E-state index in [1.54, 1.807) is 13.0 Å². The van der Waals surface area contributed by atoms with E-state index in [1.165, 1.54) is 0 Å². The van der Waals surface area contributed by atoms with Crippen LogP contribution < -0.4 is 4.74 Å². The number of halogens is 1. The summed E-state index contributed by atoms with van der Waals surface area (Å²) in [7, 11) is 0. The van der Waals surface area contributed by atoms with Crippen LogP contribution in [0.2, 0.25) is 5.02 Å². The van der Waals surface area contributed by atoms with Crippen LogP contribution in [0.5, 0.6) is 5.75 Å². The molecule has 2 aromatic carbocycles. The second-order valence-corrected chi connectivity index (χ2v) is 6.04. The molecule has 4 heteroatoms. The summed E-state index contributed by atoms with van der Waals surface area (Å²) in [6.45, 7) is 7.63. The smallest absolute Gasteiger partial charge is 0.162 e. The van der Waals surface area contributed by atoms with Crippen molar-refractivity contribution in [1.82, 2.24) is 4.57 Å². The Hall–Kier alpha value is -2.52. The largest absolute Gasteiger partial charge is 0.490 e. The maximum Gasteiger partial charge on any atom is 0.162 e. The molecule has 0 spiro atoms. The molecule has 3 aromatic rings. The van der Waals surface area contributed by atoms with Crippen molar-refractivity contribution in [3.63, 3.8) is 0 Å². The SMILES string of the molecule is C=CCOc1ccc2c(c1)c(C(C)=O)c(C)n2-c1ccc(Cl)cc1. The fraction of sp³-hybridized carbons (Fsp3) is 0.150. The zero-order valence-corrected chi connectivity index (χ0v) is 14.4. The van der Waals surface area contributed by atoms with Crippen LogP contribution in [0, 0.1) is 6.92 Å². The zero-order chi connectivity index (χ0) is 17.3. The predicted octanol–water partition coefficient (Wildman–Crippen LogP) is 5.36. The Morgan fingerprint density at radius 3 is 2.58 bits per heavy atom. The molecule has 3 nitrogen and oxygen atoms in total. The lowest BCUT2D eigenvalue weighted by atomic mass is 10.1. The summed E-state index contributed by atoms with van der Waals surface area (Å²) in [5, 5.41) is 1.57. The number of carbonyl (C=O) groups excluding carboxylic acids is 1. The Morgan fingerprint density at radius 1 is 1.25 bits per heavy atom. The number of benzene rings is 2. The third-order valence-corrected chi connectivity index (χ3v) is 4.23. The van der Waals surface area contributed by atoms with Crippen LogP contribution in [0.4, 0.5) is 0 Å². The number of nitrogens with zero attached hydrogens (tertiary/aromatic N) is 1. The molecule has 0 unspecified atom stereocenters. The van der Waals surface area contributed by atoms with Crippen molar-refractivity contribution in [2.75, 3.05) is 6.61 Å². The number of hydrogen-bond acceptors (Lipinski definition) is 2. The number of aromatic nitrogens is 1. The quantitative estimate of drug-likeness (QED) is 0.463. The van der Waals surface area contributed by atoms with E-state index in [0.717, 1.165) is 28.0 Å². The van der Waals surface area contributed by atoms with Crippen LogP contribution in [-0.2, 0) is 0 Å². The summed E-state index contributed by atoms with van der Waals surface area (Å²) in [4.78, 5) is 12.2. The molecule has 0 atom stereocenters. The van der Waals surface area contributed by atoms with Gasteiger partial charge in [-0.1, -0.05) is 24.3 Å². The Bertz CT molecular complexity index is 923. The van der Waals surface area contributed by atoms with Gasteiger partial charge in [-0.15, -0.1) is 0 Å². The molecule has 0 N–H and O–H groups in total. The summed E-state index contributed by atoms with van der Waals surface area (Å²) >= 11 is 5.99. The summed E-state index contributed by atoms with van der Waals surface area (Å²) in [5.74, 6) is 0.754. The monoisotopic (exact) mass is 339 g/mol. The summed E-state index contributed by atoms with van der Waals surface area (Å²) in [6, 6.07) is 13.4. The molecular formula is C20H18ClNO2. The third-order valence-electron chi connectivity index (χ3n) is 3.98. The first kappa shape index (κ1) is 16.3. The zero-order valence-electron chi connectivity index (χ0n) is 13.7. The Balaban J connectivity index is 2.26. The summed E-state index contributed by atoms with van der Waals surface area (Å²) in [6.07, 6.45) is 1.69. The number of ketones is 1. The van der Waals surface area contributed by atoms with Gasteiger partial charge < -0.3 is 9.30 Å². The van der Waals surface area contributed by atoms with Gasteiger partial charge in [0.05, 0.1) is 5.52 Å². The number of ether oxygens (including phenoxy) is 1. The molecular weight excluding hydrogens is 322 g/mol. The minimum absolute atomic E-state index is 0.0334. The van der Waals surface area contributed by atoms with Gasteiger partial charge in [-0.3, -0.25) is 4.79 Å². The number of fused-ring (bicyclic) bond motifs is 1. The maximum atomic E-state index is 12.2. The normalized spacial score (nSPS) is 10.8. The number of Topliss-reactive ketones (excluding diaryl/α,β-unsaturated/α-hetero) is 1. The fourth-order valence-electron chi connectivity index (χ4n) is 3.01. The molecule has 0 aliphatic rings. The molecule has 0 fully saturated rings. The van der Waals surface area contributed by atoms with Crippen LogP contribution in [0.25, 0.3) is 16.6 Å². The van der Waals surface area contributed by atoms with E-state index in [2.05, 4.69) is 11.1 Å². The van der Waals surface area contributed by atoms with Gasteiger partial charge in [0.15, 0.2) is 5.78 Å². The molecule has 24 heavy (non-hydrogen) atoms. The average molecular weight is 340 g/mol. The van der Waals surface area contributed by atoms with E-state index in [4.69, 9.17) is 16.3 Å². The van der Waals surface area contributed by atoms with Gasteiger partial charge in [0.2, 0.25) is 0 Å². The maximum absolute atomic E-state index is 12.2. The lowest BCUT2D eigenvalue weighted by Gasteiger charge is -2.09. The molecule has 0 amide bonds. The van der Waals surface area contributed by atoms with Gasteiger partial charge in [0.25, 0.3) is 0 Å². The molecule has 1 heterocycles. The highest BCUT2D eigenvalue weighted by molar-refractivity contribution is 6.30. The predicted molar refractivity (Wildman–Crippen MR) is 98.7 cm³/mol. The molecule has 0 aliphatic heterocycles. The molecule has 1 aromatic heterocycles. The van der Waals surface area contributed by atoms with Crippen LogP contribution in [0.1, 0.15) is 23.0 Å². The van der Waals surface area contributed by atoms with Crippen LogP contribution in [0.3, 0.4) is 0 Å². The Labute approximate surface area is 146 Å². The summed E-state index contributed by atoms with van der Waals surface area (Å²) in [5.41, 5.74) is 3.55. The summed E-state index contributed by atoms with van der Waals surface area (Å²) < 4.78 is 7.68. The van der Waals surface area contributed by atoms with E-state index in [1.807, 2.05) is 49.4 Å². The molecule has 3 rings (SSSR count). The van der Waals surface area contributed by atoms with Crippen molar-refractivity contribution in [3.8, 4) is 11.4 Å². The van der Waals surface area contributed by atoms with Crippen molar-refractivity contribution < 1.29 is 9.53 Å². The molecule has 0 saturated heterocycles. The van der Waals surface area contributed by atoms with Crippen molar-refractivity contribution in [2.24, 2.45) is 0 Å². The second-order valence-electron chi connectivity index (χ2n) is 5.61. The van der Waals surface area contributed by atoms with Gasteiger partial charge in [-0.2, -0.15) is 0 Å². The van der Waals surface area contributed by atoms with E-state index < -0.39 is 0 Å². The molecule has 0 bridgehead atoms. The molecule has 0 saturated carbocycles. The van der Waals surface area contributed by atoms with Crippen LogP contribution >= 0.6 is 11.6 Å². The van der Waals surface area contributed by atoms with E-state index in [9.17, 15) is 4.79 Å². The van der Waals surface area contributed by atoms with E-state index in [0.29, 0.717) is 17.2 Å². The number of hydrogen-bond donors (Lipinski definition) is 0.